The molecule has 1 aliphatic rings. The lowest BCUT2D eigenvalue weighted by molar-refractivity contribution is 0.0939. The van der Waals surface area contributed by atoms with Gasteiger partial charge in [0.15, 0.2) is 5.96 Å². The highest BCUT2D eigenvalue weighted by atomic mass is 16.5. The summed E-state index contributed by atoms with van der Waals surface area (Å²) >= 11 is 0. The number of aliphatic imine (C=N–C) groups is 1. The van der Waals surface area contributed by atoms with Crippen LogP contribution in [0.3, 0.4) is 0 Å². The van der Waals surface area contributed by atoms with Gasteiger partial charge in [-0.25, -0.2) is 4.99 Å². The topological polar surface area (TPSA) is 66.0 Å². The lowest BCUT2D eigenvalue weighted by Gasteiger charge is -2.24. The monoisotopic (exact) mass is 374 g/mol. The summed E-state index contributed by atoms with van der Waals surface area (Å²) in [5, 5.41) is 6.36. The van der Waals surface area contributed by atoms with E-state index in [0.29, 0.717) is 18.0 Å². The number of benzene rings is 1. The van der Waals surface area contributed by atoms with E-state index < -0.39 is 0 Å². The lowest BCUT2D eigenvalue weighted by Crippen LogP contribution is -2.41. The van der Waals surface area contributed by atoms with Crippen molar-refractivity contribution >= 4 is 11.9 Å². The van der Waals surface area contributed by atoms with Gasteiger partial charge in [0.25, 0.3) is 5.91 Å². The van der Waals surface area contributed by atoms with E-state index >= 15 is 0 Å². The molecule has 27 heavy (non-hydrogen) atoms. The molecule has 2 rings (SSSR count). The van der Waals surface area contributed by atoms with Gasteiger partial charge in [-0.3, -0.25) is 4.79 Å². The molecule has 0 radical (unpaired) electrons. The second kappa shape index (κ2) is 10.9. The van der Waals surface area contributed by atoms with Crippen LogP contribution in [0.15, 0.2) is 29.3 Å². The SMILES string of the molecule is CCNC(=NCc1cccc(C(=O)NC(C)CC)c1)N(C)CC1CCOC1. The van der Waals surface area contributed by atoms with E-state index in [1.54, 1.807) is 0 Å². The third-order valence-corrected chi connectivity index (χ3v) is 4.84. The maximum Gasteiger partial charge on any atom is 0.251 e. The fraction of sp³-hybridized carbons (Fsp3) is 0.619. The molecular weight excluding hydrogens is 340 g/mol. The Morgan fingerprint density at radius 3 is 2.89 bits per heavy atom. The molecule has 0 bridgehead atoms. The van der Waals surface area contributed by atoms with Crippen molar-refractivity contribution in [2.45, 2.75) is 46.2 Å². The largest absolute Gasteiger partial charge is 0.381 e. The van der Waals surface area contributed by atoms with E-state index in [2.05, 4.69) is 36.4 Å². The predicted molar refractivity (Wildman–Crippen MR) is 110 cm³/mol. The summed E-state index contributed by atoms with van der Waals surface area (Å²) in [7, 11) is 2.07. The van der Waals surface area contributed by atoms with Crippen LogP contribution in [0.4, 0.5) is 0 Å². The summed E-state index contributed by atoms with van der Waals surface area (Å²) in [5.41, 5.74) is 1.71. The first-order valence-electron chi connectivity index (χ1n) is 10.0. The number of hydrogen-bond acceptors (Lipinski definition) is 3. The molecule has 2 unspecified atom stereocenters. The average molecular weight is 375 g/mol. The van der Waals surface area contributed by atoms with Gasteiger partial charge in [-0.1, -0.05) is 19.1 Å². The zero-order valence-corrected chi connectivity index (χ0v) is 17.1. The molecule has 2 N–H and O–H groups in total. The van der Waals surface area contributed by atoms with Gasteiger partial charge < -0.3 is 20.3 Å². The van der Waals surface area contributed by atoms with Crippen molar-refractivity contribution in [1.82, 2.24) is 15.5 Å². The standard InChI is InChI=1S/C21H34N4O2/c1-5-16(3)24-20(26)19-9-7-8-17(12-19)13-23-21(22-6-2)25(4)14-18-10-11-27-15-18/h7-9,12,16,18H,5-6,10-11,13-15H2,1-4H3,(H,22,23)(H,24,26). The van der Waals surface area contributed by atoms with Crippen LogP contribution in [-0.4, -0.2) is 56.2 Å². The minimum absolute atomic E-state index is 0.0274. The fourth-order valence-corrected chi connectivity index (χ4v) is 3.06. The van der Waals surface area contributed by atoms with Crippen LogP contribution < -0.4 is 10.6 Å². The quantitative estimate of drug-likeness (QED) is 0.542. The van der Waals surface area contributed by atoms with E-state index in [1.807, 2.05) is 31.2 Å². The molecule has 150 valence electrons. The first kappa shape index (κ1) is 21.2. The number of nitrogens with one attached hydrogen (secondary N) is 2. The highest BCUT2D eigenvalue weighted by Crippen LogP contribution is 2.13. The first-order valence-corrected chi connectivity index (χ1v) is 10.0. The minimum atomic E-state index is -0.0274. The lowest BCUT2D eigenvalue weighted by atomic mass is 10.1. The Morgan fingerprint density at radius 2 is 2.22 bits per heavy atom. The summed E-state index contributed by atoms with van der Waals surface area (Å²) in [6.45, 7) is 10.1. The highest BCUT2D eigenvalue weighted by molar-refractivity contribution is 5.94. The van der Waals surface area contributed by atoms with Crippen molar-refractivity contribution < 1.29 is 9.53 Å². The number of hydrogen-bond donors (Lipinski definition) is 2. The van der Waals surface area contributed by atoms with E-state index in [1.165, 1.54) is 0 Å². The molecule has 1 heterocycles. The average Bonchev–Trinajstić information content (AvgIpc) is 3.18. The van der Waals surface area contributed by atoms with Gasteiger partial charge in [-0.15, -0.1) is 0 Å². The summed E-state index contributed by atoms with van der Waals surface area (Å²) in [6, 6.07) is 7.88. The minimum Gasteiger partial charge on any atom is -0.381 e. The van der Waals surface area contributed by atoms with Crippen LogP contribution >= 0.6 is 0 Å². The fourth-order valence-electron chi connectivity index (χ4n) is 3.06. The summed E-state index contributed by atoms with van der Waals surface area (Å²) in [6.07, 6.45) is 2.03. The number of nitrogens with zero attached hydrogens (tertiary/aromatic N) is 2. The van der Waals surface area contributed by atoms with Gasteiger partial charge in [-0.2, -0.15) is 0 Å². The predicted octanol–water partition coefficient (Wildman–Crippen LogP) is 2.65. The third kappa shape index (κ3) is 6.86. The number of guanidine groups is 1. The van der Waals surface area contributed by atoms with Crippen LogP contribution in [0, 0.1) is 5.92 Å². The molecule has 1 aromatic carbocycles. The Bertz CT molecular complexity index is 626. The molecule has 1 fully saturated rings. The van der Waals surface area contributed by atoms with Gasteiger partial charge in [0, 0.05) is 44.3 Å². The second-order valence-electron chi connectivity index (χ2n) is 7.26. The Hall–Kier alpha value is -2.08. The molecule has 0 aromatic heterocycles. The summed E-state index contributed by atoms with van der Waals surface area (Å²) in [5.74, 6) is 1.42. The number of carbonyl (C=O) groups is 1. The third-order valence-electron chi connectivity index (χ3n) is 4.84. The van der Waals surface area contributed by atoms with Crippen LogP contribution in [0.2, 0.25) is 0 Å². The Kier molecular flexibility index (Phi) is 8.58. The van der Waals surface area contributed by atoms with Crippen molar-refractivity contribution in [3.05, 3.63) is 35.4 Å². The van der Waals surface area contributed by atoms with Crippen LogP contribution in [0.1, 0.15) is 49.5 Å². The van der Waals surface area contributed by atoms with Gasteiger partial charge >= 0.3 is 0 Å². The first-order chi connectivity index (χ1) is 13.0. The molecule has 6 heteroatoms. The number of amides is 1. The van der Waals surface area contributed by atoms with Crippen molar-refractivity contribution in [3.63, 3.8) is 0 Å². The normalized spacial score (nSPS) is 18.2. The number of ether oxygens (including phenoxy) is 1. The molecule has 1 saturated heterocycles. The van der Waals surface area contributed by atoms with Crippen molar-refractivity contribution in [2.75, 3.05) is 33.4 Å². The zero-order chi connectivity index (χ0) is 19.6. The molecule has 2 atom stereocenters. The molecule has 0 saturated carbocycles. The van der Waals surface area contributed by atoms with Gasteiger partial charge in [0.05, 0.1) is 13.2 Å². The molecular formula is C21H34N4O2. The van der Waals surface area contributed by atoms with Gasteiger partial charge in [0.1, 0.15) is 0 Å². The Morgan fingerprint density at radius 1 is 1.41 bits per heavy atom. The van der Waals surface area contributed by atoms with E-state index in [4.69, 9.17) is 9.73 Å². The highest BCUT2D eigenvalue weighted by Gasteiger charge is 2.19. The Labute approximate surface area is 163 Å². The van der Waals surface area contributed by atoms with Gasteiger partial charge in [-0.05, 0) is 44.4 Å². The van der Waals surface area contributed by atoms with Crippen molar-refractivity contribution in [3.8, 4) is 0 Å². The zero-order valence-electron chi connectivity index (χ0n) is 17.1. The second-order valence-corrected chi connectivity index (χ2v) is 7.26. The van der Waals surface area contributed by atoms with Crippen LogP contribution in [0.5, 0.6) is 0 Å². The van der Waals surface area contributed by atoms with Crippen LogP contribution in [0.25, 0.3) is 0 Å². The molecule has 6 nitrogen and oxygen atoms in total. The number of carbonyl (C=O) groups excluding carboxylic acids is 1. The number of rotatable bonds is 8. The Balaban J connectivity index is 2.01. The van der Waals surface area contributed by atoms with Crippen molar-refractivity contribution in [2.24, 2.45) is 10.9 Å². The molecule has 1 aromatic rings. The van der Waals surface area contributed by atoms with Gasteiger partial charge in [0.2, 0.25) is 0 Å². The van der Waals surface area contributed by atoms with E-state index in [-0.39, 0.29) is 11.9 Å². The molecule has 0 spiro atoms. The van der Waals surface area contributed by atoms with E-state index in [0.717, 1.165) is 50.7 Å². The summed E-state index contributed by atoms with van der Waals surface area (Å²) < 4.78 is 5.47. The smallest absolute Gasteiger partial charge is 0.251 e. The summed E-state index contributed by atoms with van der Waals surface area (Å²) in [4.78, 5) is 19.3. The molecule has 1 aliphatic heterocycles. The molecule has 0 aliphatic carbocycles. The maximum atomic E-state index is 12.3. The molecule has 1 amide bonds. The van der Waals surface area contributed by atoms with E-state index in [9.17, 15) is 4.79 Å². The maximum absolute atomic E-state index is 12.3. The van der Waals surface area contributed by atoms with Crippen molar-refractivity contribution in [1.29, 1.82) is 0 Å². The van der Waals surface area contributed by atoms with Crippen LogP contribution in [-0.2, 0) is 11.3 Å².